The molecule has 0 aliphatic heterocycles. The zero-order valence-corrected chi connectivity index (χ0v) is 12.2. The molecule has 0 spiro atoms. The summed E-state index contributed by atoms with van der Waals surface area (Å²) in [6.07, 6.45) is -0.357. The van der Waals surface area contributed by atoms with Crippen LogP contribution in [0, 0.1) is 5.41 Å². The molecule has 0 bridgehead atoms. The third kappa shape index (κ3) is 3.47. The molecule has 0 N–H and O–H groups in total. The maximum atomic E-state index is 12.2. The molecule has 0 aliphatic rings. The smallest absolute Gasteiger partial charge is 0.312 e. The van der Waals surface area contributed by atoms with Gasteiger partial charge in [-0.1, -0.05) is 60.7 Å². The zero-order valence-electron chi connectivity index (χ0n) is 12.2. The fourth-order valence-electron chi connectivity index (χ4n) is 1.87. The largest absolute Gasteiger partial charge is 0.452 e. The summed E-state index contributed by atoms with van der Waals surface area (Å²) in [5, 5.41) is 0. The average molecular weight is 268 g/mol. The van der Waals surface area contributed by atoms with Gasteiger partial charge in [0.25, 0.3) is 0 Å². The molecule has 0 atom stereocenters. The molecule has 0 aliphatic carbocycles. The Labute approximate surface area is 120 Å². The Bertz CT molecular complexity index is 513. The molecule has 0 radical (unpaired) electrons. The van der Waals surface area contributed by atoms with Crippen LogP contribution in [0.1, 0.15) is 38.0 Å². The zero-order chi connectivity index (χ0) is 14.6. The first-order chi connectivity index (χ1) is 9.48. The average Bonchev–Trinajstić information content (AvgIpc) is 2.45. The summed E-state index contributed by atoms with van der Waals surface area (Å²) in [5.41, 5.74) is 1.45. The lowest BCUT2D eigenvalue weighted by Gasteiger charge is -2.24. The molecule has 2 heteroatoms. The SMILES string of the molecule is CC(C)(C)C(=O)OC(c1ccccc1)c1ccccc1. The van der Waals surface area contributed by atoms with E-state index >= 15 is 0 Å². The molecule has 0 fully saturated rings. The number of carbonyl (C=O) groups excluding carboxylic acids is 1. The molecule has 0 heterocycles. The number of ether oxygens (including phenoxy) is 1. The summed E-state index contributed by atoms with van der Waals surface area (Å²) in [5.74, 6) is -0.199. The highest BCUT2D eigenvalue weighted by Crippen LogP contribution is 2.29. The first-order valence-corrected chi connectivity index (χ1v) is 6.79. The second kappa shape index (κ2) is 5.91. The topological polar surface area (TPSA) is 26.3 Å². The second-order valence-electron chi connectivity index (χ2n) is 5.86. The van der Waals surface area contributed by atoms with Gasteiger partial charge >= 0.3 is 5.97 Å². The lowest BCUT2D eigenvalue weighted by Crippen LogP contribution is -2.25. The summed E-state index contributed by atoms with van der Waals surface area (Å²) in [6.45, 7) is 5.59. The lowest BCUT2D eigenvalue weighted by molar-refractivity contribution is -0.157. The van der Waals surface area contributed by atoms with Crippen molar-refractivity contribution in [2.45, 2.75) is 26.9 Å². The standard InChI is InChI=1S/C18H20O2/c1-18(2,3)17(19)20-16(14-10-6-4-7-11-14)15-12-8-5-9-13-15/h4-13,16H,1-3H3. The van der Waals surface area contributed by atoms with Crippen LogP contribution in [0.3, 0.4) is 0 Å². The van der Waals surface area contributed by atoms with Crippen LogP contribution in [0.25, 0.3) is 0 Å². The van der Waals surface area contributed by atoms with E-state index < -0.39 is 5.41 Å². The Kier molecular flexibility index (Phi) is 4.23. The van der Waals surface area contributed by atoms with E-state index in [4.69, 9.17) is 4.74 Å². The van der Waals surface area contributed by atoms with Gasteiger partial charge in [0.2, 0.25) is 0 Å². The maximum absolute atomic E-state index is 12.2. The highest BCUT2D eigenvalue weighted by molar-refractivity contribution is 5.76. The van der Waals surface area contributed by atoms with Gasteiger partial charge in [0.05, 0.1) is 5.41 Å². The van der Waals surface area contributed by atoms with E-state index in [1.165, 1.54) is 0 Å². The Morgan fingerprint density at radius 1 is 0.850 bits per heavy atom. The summed E-state index contributed by atoms with van der Waals surface area (Å²) >= 11 is 0. The van der Waals surface area contributed by atoms with Crippen LogP contribution >= 0.6 is 0 Å². The number of hydrogen-bond donors (Lipinski definition) is 0. The first-order valence-electron chi connectivity index (χ1n) is 6.79. The molecular weight excluding hydrogens is 248 g/mol. The van der Waals surface area contributed by atoms with Gasteiger partial charge < -0.3 is 4.74 Å². The van der Waals surface area contributed by atoms with Crippen LogP contribution < -0.4 is 0 Å². The summed E-state index contributed by atoms with van der Waals surface area (Å²) < 4.78 is 5.75. The van der Waals surface area contributed by atoms with Gasteiger partial charge in [-0.25, -0.2) is 0 Å². The maximum Gasteiger partial charge on any atom is 0.312 e. The van der Waals surface area contributed by atoms with E-state index in [0.717, 1.165) is 11.1 Å². The normalized spacial score (nSPS) is 11.4. The Hall–Kier alpha value is -2.09. The van der Waals surface area contributed by atoms with Crippen molar-refractivity contribution in [1.29, 1.82) is 0 Å². The van der Waals surface area contributed by atoms with E-state index in [9.17, 15) is 4.79 Å². The molecule has 20 heavy (non-hydrogen) atoms. The molecule has 0 saturated carbocycles. The molecule has 2 aromatic carbocycles. The van der Waals surface area contributed by atoms with Gasteiger partial charge in [0, 0.05) is 0 Å². The van der Waals surface area contributed by atoms with E-state index in [1.807, 2.05) is 81.4 Å². The van der Waals surface area contributed by atoms with Crippen molar-refractivity contribution in [3.05, 3.63) is 71.8 Å². The van der Waals surface area contributed by atoms with E-state index in [1.54, 1.807) is 0 Å². The number of benzene rings is 2. The summed E-state index contributed by atoms with van der Waals surface area (Å²) in [7, 11) is 0. The number of rotatable bonds is 3. The molecule has 0 amide bonds. The number of hydrogen-bond acceptors (Lipinski definition) is 2. The molecule has 0 saturated heterocycles. The van der Waals surface area contributed by atoms with Gasteiger partial charge in [-0.15, -0.1) is 0 Å². The number of esters is 1. The summed E-state index contributed by atoms with van der Waals surface area (Å²) in [6, 6.07) is 19.6. The Morgan fingerprint density at radius 2 is 1.25 bits per heavy atom. The molecule has 2 rings (SSSR count). The molecule has 0 unspecified atom stereocenters. The van der Waals surface area contributed by atoms with Crippen molar-refractivity contribution >= 4 is 5.97 Å². The Morgan fingerprint density at radius 3 is 1.60 bits per heavy atom. The highest BCUT2D eigenvalue weighted by Gasteiger charge is 2.27. The molecule has 104 valence electrons. The van der Waals surface area contributed by atoms with E-state index in [0.29, 0.717) is 0 Å². The van der Waals surface area contributed by atoms with Crippen molar-refractivity contribution in [1.82, 2.24) is 0 Å². The molecular formula is C18H20O2. The van der Waals surface area contributed by atoms with Crippen LogP contribution in [0.4, 0.5) is 0 Å². The monoisotopic (exact) mass is 268 g/mol. The van der Waals surface area contributed by atoms with Crippen LogP contribution in [-0.2, 0) is 9.53 Å². The fraction of sp³-hybridized carbons (Fsp3) is 0.278. The molecule has 2 aromatic rings. The van der Waals surface area contributed by atoms with Gasteiger partial charge in [0.1, 0.15) is 0 Å². The third-order valence-corrected chi connectivity index (χ3v) is 3.04. The fourth-order valence-corrected chi connectivity index (χ4v) is 1.87. The minimum Gasteiger partial charge on any atom is -0.452 e. The predicted octanol–water partition coefficient (Wildman–Crippen LogP) is 4.37. The van der Waals surface area contributed by atoms with Gasteiger partial charge in [-0.3, -0.25) is 4.79 Å². The van der Waals surface area contributed by atoms with Crippen LogP contribution in [0.15, 0.2) is 60.7 Å². The lowest BCUT2D eigenvalue weighted by atomic mass is 9.96. The third-order valence-electron chi connectivity index (χ3n) is 3.04. The van der Waals surface area contributed by atoms with Crippen molar-refractivity contribution in [2.24, 2.45) is 5.41 Å². The number of carbonyl (C=O) groups is 1. The van der Waals surface area contributed by atoms with Crippen LogP contribution in [0.5, 0.6) is 0 Å². The van der Waals surface area contributed by atoms with Gasteiger partial charge in [-0.2, -0.15) is 0 Å². The molecule has 0 aromatic heterocycles. The van der Waals surface area contributed by atoms with Crippen LogP contribution in [0.2, 0.25) is 0 Å². The highest BCUT2D eigenvalue weighted by atomic mass is 16.5. The Balaban J connectivity index is 2.34. The van der Waals surface area contributed by atoms with Crippen molar-refractivity contribution in [3.8, 4) is 0 Å². The van der Waals surface area contributed by atoms with Crippen molar-refractivity contribution < 1.29 is 9.53 Å². The quantitative estimate of drug-likeness (QED) is 0.773. The minimum absolute atomic E-state index is 0.199. The predicted molar refractivity (Wildman–Crippen MR) is 80.3 cm³/mol. The van der Waals surface area contributed by atoms with E-state index in [-0.39, 0.29) is 12.1 Å². The van der Waals surface area contributed by atoms with E-state index in [2.05, 4.69) is 0 Å². The van der Waals surface area contributed by atoms with Crippen molar-refractivity contribution in [2.75, 3.05) is 0 Å². The second-order valence-corrected chi connectivity index (χ2v) is 5.86. The van der Waals surface area contributed by atoms with Gasteiger partial charge in [0.15, 0.2) is 6.10 Å². The minimum atomic E-state index is -0.512. The summed E-state index contributed by atoms with van der Waals surface area (Å²) in [4.78, 5) is 12.2. The van der Waals surface area contributed by atoms with Crippen LogP contribution in [-0.4, -0.2) is 5.97 Å². The first kappa shape index (κ1) is 14.3. The van der Waals surface area contributed by atoms with Crippen molar-refractivity contribution in [3.63, 3.8) is 0 Å². The molecule has 2 nitrogen and oxygen atoms in total. The van der Waals surface area contributed by atoms with Gasteiger partial charge in [-0.05, 0) is 31.9 Å².